The van der Waals surface area contributed by atoms with Gasteiger partial charge in [0.25, 0.3) is 0 Å². The molecule has 0 aliphatic heterocycles. The van der Waals surface area contributed by atoms with Crippen LogP contribution in [0.1, 0.15) is 11.1 Å². The number of nitrogens with one attached hydrogen (secondary N) is 2. The number of carbonyl (C=O) groups excluding carboxylic acids is 1. The van der Waals surface area contributed by atoms with Gasteiger partial charge in [0.2, 0.25) is 15.9 Å². The normalized spacial score (nSPS) is 11.3. The van der Waals surface area contributed by atoms with E-state index in [0.717, 1.165) is 11.1 Å². The third kappa shape index (κ3) is 4.48. The Morgan fingerprint density at radius 3 is 2.54 bits per heavy atom. The highest BCUT2D eigenvalue weighted by atomic mass is 35.5. The van der Waals surface area contributed by atoms with Crippen molar-refractivity contribution < 1.29 is 13.2 Å². The minimum absolute atomic E-state index is 0.0295. The van der Waals surface area contributed by atoms with Crippen LogP contribution in [0.4, 0.5) is 5.69 Å². The molecule has 0 saturated heterocycles. The van der Waals surface area contributed by atoms with Gasteiger partial charge in [0.1, 0.15) is 4.90 Å². The monoisotopic (exact) mass is 386 g/mol. The first kappa shape index (κ1) is 18.7. The van der Waals surface area contributed by atoms with E-state index in [2.05, 4.69) is 10.0 Å². The number of hydrogen-bond acceptors (Lipinski definition) is 3. The Morgan fingerprint density at radius 1 is 1.12 bits per heavy atom. The van der Waals surface area contributed by atoms with Crippen molar-refractivity contribution in [3.05, 3.63) is 57.6 Å². The molecule has 128 valence electrons. The summed E-state index contributed by atoms with van der Waals surface area (Å²) < 4.78 is 26.7. The Morgan fingerprint density at radius 2 is 1.83 bits per heavy atom. The van der Waals surface area contributed by atoms with E-state index in [1.54, 1.807) is 6.07 Å². The standard InChI is InChI=1S/C16H16Cl2N2O3S/c1-10-4-3-5-14(11(10)2)20-16(21)9-19-24(22,23)15-8-12(17)6-7-13(15)18/h3-8,19H,9H2,1-2H3,(H,20,21). The van der Waals surface area contributed by atoms with Crippen molar-refractivity contribution in [3.8, 4) is 0 Å². The second-order valence-electron chi connectivity index (χ2n) is 5.19. The van der Waals surface area contributed by atoms with Crippen molar-refractivity contribution in [1.29, 1.82) is 0 Å². The van der Waals surface area contributed by atoms with Gasteiger partial charge in [-0.05, 0) is 49.2 Å². The SMILES string of the molecule is Cc1cccc(NC(=O)CNS(=O)(=O)c2cc(Cl)ccc2Cl)c1C. The van der Waals surface area contributed by atoms with Crippen molar-refractivity contribution in [1.82, 2.24) is 4.72 Å². The highest BCUT2D eigenvalue weighted by Crippen LogP contribution is 2.24. The fraction of sp³-hybridized carbons (Fsp3) is 0.188. The van der Waals surface area contributed by atoms with E-state index >= 15 is 0 Å². The summed E-state index contributed by atoms with van der Waals surface area (Å²) in [6.45, 7) is 3.38. The lowest BCUT2D eigenvalue weighted by molar-refractivity contribution is -0.115. The number of hydrogen-bond donors (Lipinski definition) is 2. The molecule has 0 fully saturated rings. The van der Waals surface area contributed by atoms with E-state index in [-0.39, 0.29) is 14.9 Å². The number of sulfonamides is 1. The fourth-order valence-corrected chi connectivity index (χ4v) is 3.74. The second-order valence-corrected chi connectivity index (χ2v) is 7.77. The van der Waals surface area contributed by atoms with Crippen LogP contribution >= 0.6 is 23.2 Å². The summed E-state index contributed by atoms with van der Waals surface area (Å²) in [5.74, 6) is -0.481. The van der Waals surface area contributed by atoms with Crippen LogP contribution in [-0.4, -0.2) is 20.9 Å². The predicted octanol–water partition coefficient (Wildman–Crippen LogP) is 3.53. The van der Waals surface area contributed by atoms with Crippen molar-refractivity contribution >= 4 is 44.8 Å². The van der Waals surface area contributed by atoms with E-state index in [1.807, 2.05) is 26.0 Å². The summed E-state index contributed by atoms with van der Waals surface area (Å²) in [5.41, 5.74) is 2.59. The van der Waals surface area contributed by atoms with Crippen LogP contribution < -0.4 is 10.0 Å². The zero-order chi connectivity index (χ0) is 17.9. The smallest absolute Gasteiger partial charge is 0.242 e. The lowest BCUT2D eigenvalue weighted by atomic mass is 10.1. The van der Waals surface area contributed by atoms with E-state index in [9.17, 15) is 13.2 Å². The van der Waals surface area contributed by atoms with Gasteiger partial charge in [-0.1, -0.05) is 35.3 Å². The molecule has 0 atom stereocenters. The number of amides is 1. The molecule has 0 aliphatic rings. The summed E-state index contributed by atoms with van der Waals surface area (Å²) in [6.07, 6.45) is 0. The number of aryl methyl sites for hydroxylation is 1. The number of benzene rings is 2. The van der Waals surface area contributed by atoms with Crippen LogP contribution in [0.5, 0.6) is 0 Å². The molecule has 8 heteroatoms. The average molecular weight is 387 g/mol. The molecule has 0 aliphatic carbocycles. The number of anilines is 1. The molecule has 0 unspecified atom stereocenters. The largest absolute Gasteiger partial charge is 0.325 e. The summed E-state index contributed by atoms with van der Waals surface area (Å²) >= 11 is 11.7. The van der Waals surface area contributed by atoms with Crippen LogP contribution in [0, 0.1) is 13.8 Å². The first-order valence-corrected chi connectivity index (χ1v) is 9.25. The van der Waals surface area contributed by atoms with Gasteiger partial charge in [0.15, 0.2) is 0 Å². The maximum Gasteiger partial charge on any atom is 0.242 e. The van der Waals surface area contributed by atoms with Gasteiger partial charge in [-0.25, -0.2) is 13.1 Å². The molecule has 1 amide bonds. The second kappa shape index (κ2) is 7.53. The first-order chi connectivity index (χ1) is 11.2. The van der Waals surface area contributed by atoms with Crippen LogP contribution in [0.3, 0.4) is 0 Å². The first-order valence-electron chi connectivity index (χ1n) is 7.01. The van der Waals surface area contributed by atoms with Crippen LogP contribution in [-0.2, 0) is 14.8 Å². The lowest BCUT2D eigenvalue weighted by Crippen LogP contribution is -2.33. The maximum absolute atomic E-state index is 12.2. The number of carbonyl (C=O) groups is 1. The van der Waals surface area contributed by atoms with Crippen LogP contribution in [0.25, 0.3) is 0 Å². The minimum Gasteiger partial charge on any atom is -0.325 e. The molecule has 0 heterocycles. The van der Waals surface area contributed by atoms with E-state index in [0.29, 0.717) is 5.69 Å². The van der Waals surface area contributed by atoms with Gasteiger partial charge >= 0.3 is 0 Å². The molecule has 5 nitrogen and oxygen atoms in total. The molecule has 2 aromatic rings. The van der Waals surface area contributed by atoms with Gasteiger partial charge in [-0.2, -0.15) is 0 Å². The fourth-order valence-electron chi connectivity index (χ4n) is 2.00. The zero-order valence-electron chi connectivity index (χ0n) is 13.1. The molecule has 24 heavy (non-hydrogen) atoms. The molecular formula is C16H16Cl2N2O3S. The van der Waals surface area contributed by atoms with Gasteiger partial charge in [-0.3, -0.25) is 4.79 Å². The Kier molecular flexibility index (Phi) is 5.87. The topological polar surface area (TPSA) is 75.3 Å². The number of halogens is 2. The Balaban J connectivity index is 2.08. The van der Waals surface area contributed by atoms with Gasteiger partial charge in [-0.15, -0.1) is 0 Å². The number of rotatable bonds is 5. The van der Waals surface area contributed by atoms with E-state index in [1.165, 1.54) is 18.2 Å². The van der Waals surface area contributed by atoms with Crippen LogP contribution in [0.2, 0.25) is 10.0 Å². The molecule has 0 aromatic heterocycles. The molecule has 0 saturated carbocycles. The van der Waals surface area contributed by atoms with Crippen LogP contribution in [0.15, 0.2) is 41.3 Å². The predicted molar refractivity (Wildman–Crippen MR) is 96.2 cm³/mol. The highest BCUT2D eigenvalue weighted by Gasteiger charge is 2.19. The third-order valence-electron chi connectivity index (χ3n) is 3.48. The molecule has 0 radical (unpaired) electrons. The highest BCUT2D eigenvalue weighted by molar-refractivity contribution is 7.89. The van der Waals surface area contributed by atoms with Gasteiger partial charge in [0.05, 0.1) is 11.6 Å². The average Bonchev–Trinajstić information content (AvgIpc) is 2.52. The molecule has 2 aromatic carbocycles. The molecule has 2 N–H and O–H groups in total. The molecular weight excluding hydrogens is 371 g/mol. The van der Waals surface area contributed by atoms with Gasteiger partial charge in [0, 0.05) is 10.7 Å². The van der Waals surface area contributed by atoms with E-state index in [4.69, 9.17) is 23.2 Å². The third-order valence-corrected chi connectivity index (χ3v) is 5.60. The summed E-state index contributed by atoms with van der Waals surface area (Å²) in [7, 11) is -3.95. The Hall–Kier alpha value is -1.60. The van der Waals surface area contributed by atoms with Gasteiger partial charge < -0.3 is 5.32 Å². The quantitative estimate of drug-likeness (QED) is 0.824. The summed E-state index contributed by atoms with van der Waals surface area (Å²) in [4.78, 5) is 11.8. The molecule has 2 rings (SSSR count). The van der Waals surface area contributed by atoms with Crippen molar-refractivity contribution in [2.45, 2.75) is 18.7 Å². The van der Waals surface area contributed by atoms with Crippen molar-refractivity contribution in [2.24, 2.45) is 0 Å². The lowest BCUT2D eigenvalue weighted by Gasteiger charge is -2.12. The minimum atomic E-state index is -3.95. The summed E-state index contributed by atoms with van der Waals surface area (Å²) in [5, 5.41) is 2.94. The maximum atomic E-state index is 12.2. The zero-order valence-corrected chi connectivity index (χ0v) is 15.4. The Bertz CT molecular complexity index is 883. The molecule has 0 bridgehead atoms. The van der Waals surface area contributed by atoms with Crippen molar-refractivity contribution in [3.63, 3.8) is 0 Å². The Labute approximate surface area is 151 Å². The van der Waals surface area contributed by atoms with Crippen molar-refractivity contribution in [2.75, 3.05) is 11.9 Å². The summed E-state index contributed by atoms with van der Waals surface area (Å²) in [6, 6.07) is 9.59. The molecule has 0 spiro atoms. The van der Waals surface area contributed by atoms with E-state index < -0.39 is 22.5 Å².